The molecule has 0 bridgehead atoms. The molecule has 11 heteroatoms. The molecule has 1 heterocycles. The molecule has 0 spiro atoms. The second kappa shape index (κ2) is 10.7. The minimum absolute atomic E-state index is 0.186. The van der Waals surface area contributed by atoms with Gasteiger partial charge in [0.25, 0.3) is 0 Å². The fourth-order valence-electron chi connectivity index (χ4n) is 4.41. The quantitative estimate of drug-likeness (QED) is 0.172. The van der Waals surface area contributed by atoms with Gasteiger partial charge in [0.05, 0.1) is 18.6 Å². The molecule has 1 saturated heterocycles. The molecule has 5 rings (SSSR count). The molecule has 4 aromatic rings. The molecular weight excluding hydrogens is 548 g/mol. The minimum atomic E-state index is -4.53. The zero-order valence-corrected chi connectivity index (χ0v) is 20.7. The van der Waals surface area contributed by atoms with E-state index in [0.717, 1.165) is 12.5 Å². The van der Waals surface area contributed by atoms with Gasteiger partial charge in [0.1, 0.15) is 17.1 Å². The average Bonchev–Trinajstić information content (AvgIpc) is 2.92. The molecule has 3 nitrogen and oxygen atoms in total. The summed E-state index contributed by atoms with van der Waals surface area (Å²) in [4.78, 5) is 0. The molecule has 1 fully saturated rings. The highest BCUT2D eigenvalue weighted by Gasteiger charge is 2.40. The van der Waals surface area contributed by atoms with Crippen molar-refractivity contribution in [1.82, 2.24) is 0 Å². The Hall–Kier alpha value is -3.70. The summed E-state index contributed by atoms with van der Waals surface area (Å²) in [6, 6.07) is 8.91. The maximum absolute atomic E-state index is 15.0. The predicted molar refractivity (Wildman–Crippen MR) is 129 cm³/mol. The monoisotopic (exact) mass is 568 g/mol. The summed E-state index contributed by atoms with van der Waals surface area (Å²) in [7, 11) is 0. The van der Waals surface area contributed by atoms with Crippen molar-refractivity contribution >= 4 is 10.8 Å². The third-order valence-corrected chi connectivity index (χ3v) is 6.68. The fourth-order valence-corrected chi connectivity index (χ4v) is 4.41. The number of fused-ring (bicyclic) bond motifs is 1. The van der Waals surface area contributed by atoms with E-state index < -0.39 is 69.4 Å². The third-order valence-electron chi connectivity index (χ3n) is 6.68. The van der Waals surface area contributed by atoms with Gasteiger partial charge in [0, 0.05) is 23.1 Å². The van der Waals surface area contributed by atoms with Crippen LogP contribution in [0.3, 0.4) is 0 Å². The third kappa shape index (κ3) is 5.11. The maximum atomic E-state index is 15.0. The van der Waals surface area contributed by atoms with Crippen molar-refractivity contribution in [2.24, 2.45) is 5.92 Å². The van der Waals surface area contributed by atoms with Gasteiger partial charge >= 0.3 is 6.11 Å². The van der Waals surface area contributed by atoms with E-state index in [9.17, 15) is 35.1 Å². The molecule has 0 radical (unpaired) electrons. The lowest BCUT2D eigenvalue weighted by Gasteiger charge is -2.29. The summed E-state index contributed by atoms with van der Waals surface area (Å²) >= 11 is 0. The van der Waals surface area contributed by atoms with Gasteiger partial charge in [-0.05, 0) is 35.6 Å². The van der Waals surface area contributed by atoms with Crippen molar-refractivity contribution in [3.05, 3.63) is 101 Å². The van der Waals surface area contributed by atoms with Crippen molar-refractivity contribution in [3.63, 3.8) is 0 Å². The van der Waals surface area contributed by atoms with E-state index >= 15 is 0 Å². The highest BCUT2D eigenvalue weighted by atomic mass is 19.3. The van der Waals surface area contributed by atoms with Crippen LogP contribution >= 0.6 is 0 Å². The predicted octanol–water partition coefficient (Wildman–Crippen LogP) is 8.54. The number of halogens is 8. The topological polar surface area (TPSA) is 27.7 Å². The number of hydrogen-bond donors (Lipinski definition) is 0. The summed E-state index contributed by atoms with van der Waals surface area (Å²) in [5.74, 6) is -11.2. The molecule has 4 aromatic carbocycles. The molecule has 40 heavy (non-hydrogen) atoms. The highest BCUT2D eigenvalue weighted by Crippen LogP contribution is 2.39. The molecule has 1 aliphatic rings. The Morgan fingerprint density at radius 2 is 1.45 bits per heavy atom. The molecule has 0 N–H and O–H groups in total. The van der Waals surface area contributed by atoms with Crippen LogP contribution in [-0.2, 0) is 15.6 Å². The van der Waals surface area contributed by atoms with Crippen molar-refractivity contribution in [2.45, 2.75) is 25.7 Å². The standard InChI is InChI=1S/C29H20F8O3/c1-2-14-12-38-28(39-13-14)16-5-3-15(4-6-16)19-7-8-20(25(33)24(19)32)29(36,37)40-18-9-17-10-22(31)26(34)27(35)23(17)21(30)11-18/h3-11,14,28H,2,12-13H2,1H3. The Kier molecular flexibility index (Phi) is 7.45. The zero-order chi connectivity index (χ0) is 28.8. The van der Waals surface area contributed by atoms with Crippen LogP contribution in [0, 0.1) is 40.8 Å². The Morgan fingerprint density at radius 3 is 2.10 bits per heavy atom. The van der Waals surface area contributed by atoms with E-state index in [1.807, 2.05) is 6.92 Å². The largest absolute Gasteiger partial charge is 0.429 e. The van der Waals surface area contributed by atoms with Crippen LogP contribution in [-0.4, -0.2) is 13.2 Å². The molecule has 0 saturated carbocycles. The lowest BCUT2D eigenvalue weighted by Crippen LogP contribution is -2.26. The smallest absolute Gasteiger partial charge is 0.429 e. The van der Waals surface area contributed by atoms with Gasteiger partial charge in [-0.25, -0.2) is 26.3 Å². The summed E-state index contributed by atoms with van der Waals surface area (Å²) in [5.41, 5.74) is -0.992. The second-order valence-corrected chi connectivity index (χ2v) is 9.29. The Labute approximate surface area is 222 Å². The van der Waals surface area contributed by atoms with Gasteiger partial charge in [-0.3, -0.25) is 0 Å². The summed E-state index contributed by atoms with van der Waals surface area (Å²) in [5, 5.41) is -1.62. The van der Waals surface area contributed by atoms with Gasteiger partial charge in [-0.1, -0.05) is 37.3 Å². The minimum Gasteiger partial charge on any atom is -0.429 e. The number of ether oxygens (including phenoxy) is 3. The van der Waals surface area contributed by atoms with Crippen LogP contribution in [0.15, 0.2) is 54.6 Å². The lowest BCUT2D eigenvalue weighted by molar-refractivity contribution is -0.205. The zero-order valence-electron chi connectivity index (χ0n) is 20.7. The Morgan fingerprint density at radius 1 is 0.775 bits per heavy atom. The van der Waals surface area contributed by atoms with E-state index in [0.29, 0.717) is 43.0 Å². The van der Waals surface area contributed by atoms with E-state index in [4.69, 9.17) is 9.47 Å². The van der Waals surface area contributed by atoms with Crippen molar-refractivity contribution < 1.29 is 49.3 Å². The van der Waals surface area contributed by atoms with Crippen LogP contribution in [0.5, 0.6) is 5.75 Å². The van der Waals surface area contributed by atoms with Crippen LogP contribution in [0.2, 0.25) is 0 Å². The first-order valence-electron chi connectivity index (χ1n) is 12.2. The molecule has 0 amide bonds. The van der Waals surface area contributed by atoms with E-state index in [2.05, 4.69) is 4.74 Å². The number of benzene rings is 4. The summed E-state index contributed by atoms with van der Waals surface area (Å²) in [6.07, 6.45) is -4.25. The number of hydrogen-bond acceptors (Lipinski definition) is 3. The first kappa shape index (κ1) is 27.9. The van der Waals surface area contributed by atoms with Gasteiger partial charge in [-0.2, -0.15) is 8.78 Å². The van der Waals surface area contributed by atoms with Crippen LogP contribution in [0.4, 0.5) is 35.1 Å². The average molecular weight is 568 g/mol. The number of alkyl halides is 2. The number of rotatable bonds is 6. The normalized spacial score (nSPS) is 17.8. The lowest BCUT2D eigenvalue weighted by atomic mass is 10.0. The van der Waals surface area contributed by atoms with Gasteiger partial charge in [0.15, 0.2) is 35.4 Å². The first-order valence-corrected chi connectivity index (χ1v) is 12.2. The van der Waals surface area contributed by atoms with Gasteiger partial charge in [0.2, 0.25) is 0 Å². The summed E-state index contributed by atoms with van der Waals surface area (Å²) in [6.45, 7) is 3.04. The van der Waals surface area contributed by atoms with Crippen molar-refractivity contribution in [3.8, 4) is 16.9 Å². The van der Waals surface area contributed by atoms with Gasteiger partial charge < -0.3 is 14.2 Å². The van der Waals surface area contributed by atoms with Gasteiger partial charge in [-0.15, -0.1) is 0 Å². The maximum Gasteiger partial charge on any atom is 0.429 e. The molecule has 0 aromatic heterocycles. The Bertz CT molecular complexity index is 1560. The molecular formula is C29H20F8O3. The SMILES string of the molecule is CCC1COC(c2ccc(-c3ccc(C(F)(F)Oc4cc(F)c5c(F)c(F)c(F)cc5c4)c(F)c3F)cc2)OC1. The molecule has 0 unspecified atom stereocenters. The highest BCUT2D eigenvalue weighted by molar-refractivity contribution is 5.85. The van der Waals surface area contributed by atoms with Crippen LogP contribution in [0.25, 0.3) is 21.9 Å². The van der Waals surface area contributed by atoms with Crippen molar-refractivity contribution in [2.75, 3.05) is 13.2 Å². The van der Waals surface area contributed by atoms with E-state index in [1.165, 1.54) is 12.1 Å². The van der Waals surface area contributed by atoms with E-state index in [-0.39, 0.29) is 17.0 Å². The first-order chi connectivity index (χ1) is 19.0. The van der Waals surface area contributed by atoms with Crippen LogP contribution < -0.4 is 4.74 Å². The molecule has 210 valence electrons. The summed E-state index contributed by atoms with van der Waals surface area (Å²) < 4.78 is 131. The Balaban J connectivity index is 1.40. The second-order valence-electron chi connectivity index (χ2n) is 9.29. The fraction of sp³-hybridized carbons (Fsp3) is 0.241. The van der Waals surface area contributed by atoms with E-state index in [1.54, 1.807) is 12.1 Å². The molecule has 0 atom stereocenters. The van der Waals surface area contributed by atoms with Crippen molar-refractivity contribution in [1.29, 1.82) is 0 Å². The molecule has 1 aliphatic heterocycles. The molecule has 0 aliphatic carbocycles. The van der Waals surface area contributed by atoms with Crippen LogP contribution in [0.1, 0.15) is 30.8 Å².